The molecule has 0 aliphatic heterocycles. The van der Waals surface area contributed by atoms with Gasteiger partial charge in [-0.05, 0) is 105 Å². The summed E-state index contributed by atoms with van der Waals surface area (Å²) in [4.78, 5) is 18.7. The Morgan fingerprint density at radius 3 is 1.14 bits per heavy atom. The predicted octanol–water partition coefficient (Wildman–Crippen LogP) is 10.3. The molecule has 0 saturated carbocycles. The van der Waals surface area contributed by atoms with Crippen molar-refractivity contribution < 1.29 is 0 Å². The second kappa shape index (κ2) is 10.8. The van der Waals surface area contributed by atoms with Gasteiger partial charge in [0, 0.05) is 47.0 Å². The van der Waals surface area contributed by atoms with Crippen LogP contribution in [0.5, 0.6) is 0 Å². The van der Waals surface area contributed by atoms with E-state index in [1.807, 2.05) is 49.1 Å². The first-order valence-corrected chi connectivity index (χ1v) is 16.5. The number of aromatic nitrogens is 4. The number of hydrogen-bond donors (Lipinski definition) is 0. The van der Waals surface area contributed by atoms with E-state index in [1.165, 1.54) is 44.5 Å². The lowest BCUT2D eigenvalue weighted by Crippen LogP contribution is -2.26. The highest BCUT2D eigenvalue weighted by Crippen LogP contribution is 2.63. The Morgan fingerprint density at radius 2 is 0.694 bits per heavy atom. The molecule has 4 nitrogen and oxygen atoms in total. The summed E-state index contributed by atoms with van der Waals surface area (Å²) in [5.41, 5.74) is 17.8. The van der Waals surface area contributed by atoms with Crippen molar-refractivity contribution in [3.63, 3.8) is 0 Å². The molecule has 8 aromatic rings. The molecule has 1 spiro atoms. The van der Waals surface area contributed by atoms with Gasteiger partial charge in [-0.25, -0.2) is 9.97 Å². The molecule has 4 aromatic heterocycles. The van der Waals surface area contributed by atoms with Gasteiger partial charge in [0.05, 0.1) is 28.2 Å². The lowest BCUT2D eigenvalue weighted by molar-refractivity contribution is 0.794. The number of hydrogen-bond acceptors (Lipinski definition) is 4. The zero-order chi connectivity index (χ0) is 32.4. The highest BCUT2D eigenvalue weighted by atomic mass is 14.7. The highest BCUT2D eigenvalue weighted by Gasteiger charge is 2.51. The lowest BCUT2D eigenvalue weighted by atomic mass is 9.70. The van der Waals surface area contributed by atoms with E-state index in [0.29, 0.717) is 0 Å². The lowest BCUT2D eigenvalue weighted by Gasteiger charge is -2.31. The Balaban J connectivity index is 1.21. The summed E-state index contributed by atoms with van der Waals surface area (Å²) in [6.45, 7) is 0. The topological polar surface area (TPSA) is 51.6 Å². The van der Waals surface area contributed by atoms with Crippen LogP contribution in [0.1, 0.15) is 22.3 Å². The van der Waals surface area contributed by atoms with Crippen LogP contribution in [0.4, 0.5) is 0 Å². The van der Waals surface area contributed by atoms with Gasteiger partial charge in [0.2, 0.25) is 0 Å². The Morgan fingerprint density at radius 1 is 0.306 bits per heavy atom. The quantitative estimate of drug-likeness (QED) is 0.196. The molecule has 49 heavy (non-hydrogen) atoms. The van der Waals surface area contributed by atoms with Gasteiger partial charge in [-0.15, -0.1) is 0 Å². The van der Waals surface area contributed by atoms with Crippen LogP contribution in [0.15, 0.2) is 170 Å². The van der Waals surface area contributed by atoms with E-state index in [1.54, 1.807) is 0 Å². The first-order chi connectivity index (χ1) is 24.3. The van der Waals surface area contributed by atoms with Crippen molar-refractivity contribution in [1.29, 1.82) is 0 Å². The van der Waals surface area contributed by atoms with Gasteiger partial charge < -0.3 is 0 Å². The molecule has 4 heteroatoms. The Labute approximate surface area is 284 Å². The van der Waals surface area contributed by atoms with E-state index in [0.717, 1.165) is 45.0 Å². The molecule has 10 rings (SSSR count). The maximum Gasteiger partial charge on any atom is 0.0725 e. The minimum atomic E-state index is -0.491. The molecule has 228 valence electrons. The Hall–Kier alpha value is -6.52. The number of benzene rings is 4. The van der Waals surface area contributed by atoms with E-state index in [4.69, 9.17) is 9.97 Å². The summed E-state index contributed by atoms with van der Waals surface area (Å²) in [6.07, 6.45) is 7.25. The van der Waals surface area contributed by atoms with Crippen molar-refractivity contribution in [2.75, 3.05) is 0 Å². The number of rotatable bonds is 4. The second-order valence-electron chi connectivity index (χ2n) is 12.6. The molecular formula is C45H28N4. The molecule has 4 heterocycles. The minimum absolute atomic E-state index is 0.491. The fourth-order valence-corrected chi connectivity index (χ4v) is 8.02. The first-order valence-electron chi connectivity index (χ1n) is 16.5. The van der Waals surface area contributed by atoms with E-state index < -0.39 is 5.41 Å². The van der Waals surface area contributed by atoms with Crippen LogP contribution in [0.3, 0.4) is 0 Å². The third-order valence-corrected chi connectivity index (χ3v) is 10.1. The van der Waals surface area contributed by atoms with Crippen molar-refractivity contribution in [3.8, 4) is 67.3 Å². The van der Waals surface area contributed by atoms with Crippen LogP contribution in [0, 0.1) is 0 Å². The van der Waals surface area contributed by atoms with Crippen molar-refractivity contribution in [1.82, 2.24) is 19.9 Å². The maximum atomic E-state index is 5.14. The Kier molecular flexibility index (Phi) is 6.06. The molecule has 0 bridgehead atoms. The smallest absolute Gasteiger partial charge is 0.0725 e. The summed E-state index contributed by atoms with van der Waals surface area (Å²) < 4.78 is 0. The van der Waals surface area contributed by atoms with Crippen molar-refractivity contribution in [3.05, 3.63) is 193 Å². The van der Waals surface area contributed by atoms with Crippen molar-refractivity contribution >= 4 is 0 Å². The van der Waals surface area contributed by atoms with E-state index in [2.05, 4.69) is 131 Å². The van der Waals surface area contributed by atoms with Gasteiger partial charge in [0.25, 0.3) is 0 Å². The average Bonchev–Trinajstić information content (AvgIpc) is 3.65. The molecular weight excluding hydrogens is 597 g/mol. The molecule has 2 aliphatic rings. The molecule has 2 aliphatic carbocycles. The van der Waals surface area contributed by atoms with Crippen LogP contribution in [-0.2, 0) is 5.41 Å². The highest BCUT2D eigenvalue weighted by molar-refractivity contribution is 5.96. The third kappa shape index (κ3) is 4.11. The molecule has 0 saturated heterocycles. The molecule has 0 N–H and O–H groups in total. The van der Waals surface area contributed by atoms with Gasteiger partial charge in [0.15, 0.2) is 0 Å². The van der Waals surface area contributed by atoms with Crippen LogP contribution >= 0.6 is 0 Å². The number of nitrogens with zero attached hydrogens (tertiary/aromatic N) is 4. The van der Waals surface area contributed by atoms with Crippen LogP contribution in [-0.4, -0.2) is 19.9 Å². The van der Waals surface area contributed by atoms with E-state index in [-0.39, 0.29) is 0 Å². The molecule has 0 unspecified atom stereocenters. The van der Waals surface area contributed by atoms with Crippen LogP contribution in [0.2, 0.25) is 0 Å². The predicted molar refractivity (Wildman–Crippen MR) is 196 cm³/mol. The third-order valence-electron chi connectivity index (χ3n) is 10.1. The molecule has 4 aromatic carbocycles. The zero-order valence-corrected chi connectivity index (χ0v) is 26.5. The molecule has 0 atom stereocenters. The van der Waals surface area contributed by atoms with Crippen molar-refractivity contribution in [2.45, 2.75) is 5.41 Å². The summed E-state index contributed by atoms with van der Waals surface area (Å²) in [5.74, 6) is 0. The van der Waals surface area contributed by atoms with Gasteiger partial charge in [-0.1, -0.05) is 84.9 Å². The Bertz CT molecular complexity index is 2380. The fraction of sp³-hybridized carbons (Fsp3) is 0.0222. The number of pyridine rings is 4. The van der Waals surface area contributed by atoms with Gasteiger partial charge in [-0.3, -0.25) is 9.97 Å². The van der Waals surface area contributed by atoms with E-state index >= 15 is 0 Å². The summed E-state index contributed by atoms with van der Waals surface area (Å²) >= 11 is 0. The minimum Gasteiger partial charge on any atom is -0.265 e. The monoisotopic (exact) mass is 624 g/mol. The molecule has 0 radical (unpaired) electrons. The molecule has 0 amide bonds. The van der Waals surface area contributed by atoms with Crippen molar-refractivity contribution in [2.24, 2.45) is 0 Å². The van der Waals surface area contributed by atoms with Gasteiger partial charge >= 0.3 is 0 Å². The molecule has 0 fully saturated rings. The van der Waals surface area contributed by atoms with Crippen LogP contribution < -0.4 is 0 Å². The summed E-state index contributed by atoms with van der Waals surface area (Å²) in [6, 6.07) is 52.2. The summed E-state index contributed by atoms with van der Waals surface area (Å²) in [5, 5.41) is 0. The van der Waals surface area contributed by atoms with E-state index in [9.17, 15) is 0 Å². The fourth-order valence-electron chi connectivity index (χ4n) is 8.02. The normalized spacial score (nSPS) is 13.1. The average molecular weight is 625 g/mol. The maximum absolute atomic E-state index is 5.14. The first kappa shape index (κ1) is 27.6. The standard InChI is InChI=1S/C45H28N4/c1-3-9-37-33(7-1)34-8-2-4-10-38(34)45(37)39-27-31(43-13-5-11-41(48-43)29-19-23-46-24-20-29)15-17-35(39)36-18-16-32(28-40(36)45)44-14-6-12-42(49-44)30-21-25-47-26-22-30/h1-28H. The van der Waals surface area contributed by atoms with Crippen LogP contribution in [0.25, 0.3) is 67.3 Å². The van der Waals surface area contributed by atoms with Gasteiger partial charge in [-0.2, -0.15) is 0 Å². The second-order valence-corrected chi connectivity index (χ2v) is 12.6. The largest absolute Gasteiger partial charge is 0.265 e. The van der Waals surface area contributed by atoms with Gasteiger partial charge in [0.1, 0.15) is 0 Å². The summed E-state index contributed by atoms with van der Waals surface area (Å²) in [7, 11) is 0. The SMILES string of the molecule is c1cc(-c2ccncc2)nc(-c2ccc3c(c2)C2(c4ccccc4-c4ccccc42)c2cc(-c4cccc(-c5ccncc5)n4)ccc2-3)c1. The zero-order valence-electron chi connectivity index (χ0n) is 26.5. The number of fused-ring (bicyclic) bond motifs is 10.